The molecule has 0 aliphatic rings. The van der Waals surface area contributed by atoms with E-state index in [0.29, 0.717) is 6.54 Å². The van der Waals surface area contributed by atoms with Crippen LogP contribution in [0.15, 0.2) is 48.5 Å². The van der Waals surface area contributed by atoms with Gasteiger partial charge >= 0.3 is 0 Å². The van der Waals surface area contributed by atoms with Crippen molar-refractivity contribution in [2.45, 2.75) is 6.54 Å². The van der Waals surface area contributed by atoms with Crippen molar-refractivity contribution in [2.24, 2.45) is 0 Å². The molecule has 2 aromatic rings. The SMILES string of the molecule is CNCc1cc(F)ccc1N(C)c1ccccc1. The fourth-order valence-corrected chi connectivity index (χ4v) is 2.00. The first-order chi connectivity index (χ1) is 8.72. The average Bonchev–Trinajstić information content (AvgIpc) is 2.40. The van der Waals surface area contributed by atoms with Gasteiger partial charge in [0.2, 0.25) is 0 Å². The Balaban J connectivity index is 2.38. The van der Waals surface area contributed by atoms with Gasteiger partial charge in [-0.25, -0.2) is 4.39 Å². The molecular formula is C15H17FN2. The number of rotatable bonds is 4. The molecule has 18 heavy (non-hydrogen) atoms. The van der Waals surface area contributed by atoms with E-state index in [9.17, 15) is 4.39 Å². The monoisotopic (exact) mass is 244 g/mol. The van der Waals surface area contributed by atoms with Crippen molar-refractivity contribution < 1.29 is 4.39 Å². The van der Waals surface area contributed by atoms with E-state index in [-0.39, 0.29) is 5.82 Å². The largest absolute Gasteiger partial charge is 0.344 e. The second-order valence-corrected chi connectivity index (χ2v) is 4.20. The summed E-state index contributed by atoms with van der Waals surface area (Å²) in [5, 5.41) is 3.06. The molecule has 0 aromatic heterocycles. The molecule has 0 spiro atoms. The molecule has 0 aliphatic carbocycles. The first kappa shape index (κ1) is 12.6. The first-order valence-corrected chi connectivity index (χ1v) is 5.94. The summed E-state index contributed by atoms with van der Waals surface area (Å²) in [4.78, 5) is 2.06. The molecule has 0 atom stereocenters. The van der Waals surface area contributed by atoms with Crippen molar-refractivity contribution in [2.75, 3.05) is 19.0 Å². The van der Waals surface area contributed by atoms with Crippen LogP contribution in [-0.2, 0) is 6.54 Å². The summed E-state index contributed by atoms with van der Waals surface area (Å²) in [5.74, 6) is -0.203. The Bertz CT molecular complexity index is 511. The number of para-hydroxylation sites is 1. The maximum Gasteiger partial charge on any atom is 0.123 e. The van der Waals surface area contributed by atoms with Crippen LogP contribution in [0.4, 0.5) is 15.8 Å². The molecule has 1 N–H and O–H groups in total. The number of anilines is 2. The lowest BCUT2D eigenvalue weighted by molar-refractivity contribution is 0.624. The molecule has 0 saturated carbocycles. The molecule has 0 fully saturated rings. The minimum atomic E-state index is -0.203. The number of nitrogens with zero attached hydrogens (tertiary/aromatic N) is 1. The minimum absolute atomic E-state index is 0.203. The topological polar surface area (TPSA) is 15.3 Å². The molecule has 0 aliphatic heterocycles. The molecule has 0 bridgehead atoms. The van der Waals surface area contributed by atoms with Gasteiger partial charge in [0.15, 0.2) is 0 Å². The van der Waals surface area contributed by atoms with Gasteiger partial charge in [0.05, 0.1) is 0 Å². The molecule has 0 unspecified atom stereocenters. The molecule has 94 valence electrons. The number of halogens is 1. The third-order valence-electron chi connectivity index (χ3n) is 2.91. The van der Waals surface area contributed by atoms with Gasteiger partial charge in [0, 0.05) is 25.0 Å². The normalized spacial score (nSPS) is 10.4. The maximum atomic E-state index is 13.3. The fourth-order valence-electron chi connectivity index (χ4n) is 2.00. The van der Waals surface area contributed by atoms with E-state index >= 15 is 0 Å². The molecule has 0 heterocycles. The lowest BCUT2D eigenvalue weighted by Crippen LogP contribution is -2.15. The van der Waals surface area contributed by atoms with E-state index in [1.807, 2.05) is 50.5 Å². The van der Waals surface area contributed by atoms with Crippen LogP contribution in [0.25, 0.3) is 0 Å². The summed E-state index contributed by atoms with van der Waals surface area (Å²) in [6.07, 6.45) is 0. The number of hydrogen-bond acceptors (Lipinski definition) is 2. The van der Waals surface area contributed by atoms with Crippen molar-refractivity contribution in [1.29, 1.82) is 0 Å². The van der Waals surface area contributed by atoms with E-state index in [1.165, 1.54) is 6.07 Å². The van der Waals surface area contributed by atoms with Crippen LogP contribution >= 0.6 is 0 Å². The maximum absolute atomic E-state index is 13.3. The highest BCUT2D eigenvalue weighted by Crippen LogP contribution is 2.27. The van der Waals surface area contributed by atoms with Gasteiger partial charge < -0.3 is 10.2 Å². The van der Waals surface area contributed by atoms with E-state index < -0.39 is 0 Å². The van der Waals surface area contributed by atoms with Gasteiger partial charge in [-0.05, 0) is 42.9 Å². The van der Waals surface area contributed by atoms with Crippen LogP contribution in [0.3, 0.4) is 0 Å². The minimum Gasteiger partial charge on any atom is -0.344 e. The summed E-state index contributed by atoms with van der Waals surface area (Å²) in [6.45, 7) is 0.643. The predicted molar refractivity (Wildman–Crippen MR) is 73.7 cm³/mol. The molecule has 2 aromatic carbocycles. The highest BCUT2D eigenvalue weighted by atomic mass is 19.1. The summed E-state index contributed by atoms with van der Waals surface area (Å²) < 4.78 is 13.3. The second kappa shape index (κ2) is 5.65. The van der Waals surface area contributed by atoms with Crippen LogP contribution in [0.1, 0.15) is 5.56 Å². The zero-order chi connectivity index (χ0) is 13.0. The summed E-state index contributed by atoms with van der Waals surface area (Å²) in [7, 11) is 3.85. The fraction of sp³-hybridized carbons (Fsp3) is 0.200. The summed E-state index contributed by atoms with van der Waals surface area (Å²) >= 11 is 0. The van der Waals surface area contributed by atoms with E-state index in [4.69, 9.17) is 0 Å². The number of benzene rings is 2. The van der Waals surface area contributed by atoms with Crippen molar-refractivity contribution in [3.05, 3.63) is 59.9 Å². The Kier molecular flexibility index (Phi) is 3.95. The molecule has 0 saturated heterocycles. The first-order valence-electron chi connectivity index (χ1n) is 5.94. The van der Waals surface area contributed by atoms with Crippen LogP contribution in [-0.4, -0.2) is 14.1 Å². The molecule has 0 radical (unpaired) electrons. The molecule has 3 heteroatoms. The van der Waals surface area contributed by atoms with Crippen LogP contribution in [0.5, 0.6) is 0 Å². The third kappa shape index (κ3) is 2.68. The van der Waals surface area contributed by atoms with Gasteiger partial charge in [-0.15, -0.1) is 0 Å². The average molecular weight is 244 g/mol. The summed E-state index contributed by atoms with van der Waals surface area (Å²) in [5.41, 5.74) is 3.04. The lowest BCUT2D eigenvalue weighted by atomic mass is 10.1. The van der Waals surface area contributed by atoms with Crippen molar-refractivity contribution in [1.82, 2.24) is 5.32 Å². The van der Waals surface area contributed by atoms with Gasteiger partial charge in [-0.2, -0.15) is 0 Å². The van der Waals surface area contributed by atoms with E-state index in [2.05, 4.69) is 10.2 Å². The van der Waals surface area contributed by atoms with Crippen molar-refractivity contribution >= 4 is 11.4 Å². The van der Waals surface area contributed by atoms with E-state index in [1.54, 1.807) is 6.07 Å². The molecule has 0 amide bonds. The van der Waals surface area contributed by atoms with Gasteiger partial charge in [-0.3, -0.25) is 0 Å². The Labute approximate surface area is 107 Å². The standard InChI is InChI=1S/C15H17FN2/c1-17-11-12-10-13(16)8-9-15(12)18(2)14-6-4-3-5-7-14/h3-10,17H,11H2,1-2H3. The zero-order valence-electron chi connectivity index (χ0n) is 10.7. The summed E-state index contributed by atoms with van der Waals surface area (Å²) in [6, 6.07) is 14.9. The van der Waals surface area contributed by atoms with Crippen LogP contribution in [0, 0.1) is 5.82 Å². The Morgan fingerprint density at radius 3 is 2.50 bits per heavy atom. The Morgan fingerprint density at radius 1 is 1.11 bits per heavy atom. The van der Waals surface area contributed by atoms with E-state index in [0.717, 1.165) is 16.9 Å². The van der Waals surface area contributed by atoms with Gasteiger partial charge in [0.25, 0.3) is 0 Å². The second-order valence-electron chi connectivity index (χ2n) is 4.20. The molecule has 2 rings (SSSR count). The highest BCUT2D eigenvalue weighted by molar-refractivity contribution is 5.65. The lowest BCUT2D eigenvalue weighted by Gasteiger charge is -2.22. The van der Waals surface area contributed by atoms with Crippen molar-refractivity contribution in [3.63, 3.8) is 0 Å². The van der Waals surface area contributed by atoms with Crippen LogP contribution < -0.4 is 10.2 Å². The Morgan fingerprint density at radius 2 is 1.83 bits per heavy atom. The smallest absolute Gasteiger partial charge is 0.123 e. The molecular weight excluding hydrogens is 227 g/mol. The Hall–Kier alpha value is -1.87. The number of nitrogens with one attached hydrogen (secondary N) is 1. The van der Waals surface area contributed by atoms with Gasteiger partial charge in [-0.1, -0.05) is 18.2 Å². The highest BCUT2D eigenvalue weighted by Gasteiger charge is 2.09. The van der Waals surface area contributed by atoms with Crippen molar-refractivity contribution in [3.8, 4) is 0 Å². The third-order valence-corrected chi connectivity index (χ3v) is 2.91. The predicted octanol–water partition coefficient (Wildman–Crippen LogP) is 3.31. The molecule has 2 nitrogen and oxygen atoms in total. The quantitative estimate of drug-likeness (QED) is 0.887. The zero-order valence-corrected chi connectivity index (χ0v) is 10.7. The van der Waals surface area contributed by atoms with Gasteiger partial charge in [0.1, 0.15) is 5.82 Å². The van der Waals surface area contributed by atoms with Crippen LogP contribution in [0.2, 0.25) is 0 Å². The number of hydrogen-bond donors (Lipinski definition) is 1.